The number of hydrogen-bond acceptors (Lipinski definition) is 6. The van der Waals surface area contributed by atoms with Crippen molar-refractivity contribution in [3.05, 3.63) is 39.1 Å². The van der Waals surface area contributed by atoms with Gasteiger partial charge in [-0.3, -0.25) is 4.79 Å². The third-order valence-electron chi connectivity index (χ3n) is 2.74. The van der Waals surface area contributed by atoms with Gasteiger partial charge in [0.15, 0.2) is 0 Å². The highest BCUT2D eigenvalue weighted by atomic mass is 32.1. The third-order valence-corrected chi connectivity index (χ3v) is 4.52. The van der Waals surface area contributed by atoms with Crippen LogP contribution in [0.1, 0.15) is 5.82 Å². The molecule has 8 heteroatoms. The average Bonchev–Trinajstić information content (AvgIpc) is 3.06. The largest absolute Gasteiger partial charge is 0.480 e. The number of aromatic amines is 1. The van der Waals surface area contributed by atoms with E-state index in [1.807, 2.05) is 22.9 Å². The van der Waals surface area contributed by atoms with Crippen molar-refractivity contribution in [2.75, 3.05) is 6.61 Å². The number of fused-ring (bicyclic) bond motifs is 1. The van der Waals surface area contributed by atoms with Crippen molar-refractivity contribution < 1.29 is 14.6 Å². The number of H-pyrrole nitrogens is 1. The van der Waals surface area contributed by atoms with Crippen LogP contribution in [-0.2, 0) is 16.1 Å². The molecule has 21 heavy (non-hydrogen) atoms. The molecular formula is C13H10N2O4S2. The highest BCUT2D eigenvalue weighted by Crippen LogP contribution is 2.33. The molecule has 3 aromatic heterocycles. The fourth-order valence-electron chi connectivity index (χ4n) is 1.91. The maximum atomic E-state index is 12.2. The molecule has 0 aliphatic heterocycles. The van der Waals surface area contributed by atoms with Crippen molar-refractivity contribution in [1.82, 2.24) is 9.97 Å². The van der Waals surface area contributed by atoms with Crippen LogP contribution in [0, 0.1) is 0 Å². The van der Waals surface area contributed by atoms with Crippen LogP contribution < -0.4 is 5.56 Å². The summed E-state index contributed by atoms with van der Waals surface area (Å²) in [6.07, 6.45) is 0. The highest BCUT2D eigenvalue weighted by Gasteiger charge is 2.13. The first-order valence-corrected chi connectivity index (χ1v) is 7.75. The number of rotatable bonds is 5. The maximum absolute atomic E-state index is 12.2. The van der Waals surface area contributed by atoms with Crippen LogP contribution >= 0.6 is 22.7 Å². The summed E-state index contributed by atoms with van der Waals surface area (Å²) in [6, 6.07) is 3.88. The molecule has 3 heterocycles. The Morgan fingerprint density at radius 2 is 2.29 bits per heavy atom. The number of aromatic nitrogens is 2. The van der Waals surface area contributed by atoms with Gasteiger partial charge in [0.05, 0.1) is 5.39 Å². The molecule has 3 rings (SSSR count). The number of carboxylic acid groups (broad SMARTS) is 1. The van der Waals surface area contributed by atoms with Crippen LogP contribution in [-0.4, -0.2) is 27.7 Å². The molecule has 0 radical (unpaired) electrons. The smallest absolute Gasteiger partial charge is 0.329 e. The number of nitrogens with one attached hydrogen (secondary N) is 1. The van der Waals surface area contributed by atoms with Crippen molar-refractivity contribution in [1.29, 1.82) is 0 Å². The molecule has 0 atom stereocenters. The lowest BCUT2D eigenvalue weighted by molar-refractivity contribution is -0.142. The first kappa shape index (κ1) is 13.9. The van der Waals surface area contributed by atoms with Gasteiger partial charge in [-0.05, 0) is 11.4 Å². The van der Waals surface area contributed by atoms with E-state index in [1.54, 1.807) is 11.3 Å². The second-order valence-electron chi connectivity index (χ2n) is 4.21. The predicted octanol–water partition coefficient (Wildman–Crippen LogP) is 2.31. The van der Waals surface area contributed by atoms with Gasteiger partial charge in [0, 0.05) is 15.8 Å². The molecule has 3 aromatic rings. The van der Waals surface area contributed by atoms with Crippen LogP contribution in [0.15, 0.2) is 27.7 Å². The van der Waals surface area contributed by atoms with Gasteiger partial charge in [0.2, 0.25) is 0 Å². The Morgan fingerprint density at radius 1 is 1.43 bits per heavy atom. The minimum absolute atomic E-state index is 0.0380. The Balaban J connectivity index is 1.95. The monoisotopic (exact) mass is 322 g/mol. The van der Waals surface area contributed by atoms with Gasteiger partial charge >= 0.3 is 5.97 Å². The van der Waals surface area contributed by atoms with Gasteiger partial charge in [0.25, 0.3) is 5.56 Å². The number of thiophene rings is 2. The lowest BCUT2D eigenvalue weighted by atomic mass is 10.2. The lowest BCUT2D eigenvalue weighted by Crippen LogP contribution is -2.14. The fraction of sp³-hybridized carbons (Fsp3) is 0.154. The number of nitrogens with zero attached hydrogens (tertiary/aromatic N) is 1. The normalized spacial score (nSPS) is 11.0. The van der Waals surface area contributed by atoms with Crippen LogP contribution in [0.3, 0.4) is 0 Å². The summed E-state index contributed by atoms with van der Waals surface area (Å²) in [6.45, 7) is -0.462. The van der Waals surface area contributed by atoms with Crippen LogP contribution in [0.2, 0.25) is 0 Å². The molecule has 0 aromatic carbocycles. The second kappa shape index (κ2) is 5.76. The first-order valence-electron chi connectivity index (χ1n) is 5.99. The van der Waals surface area contributed by atoms with Crippen molar-refractivity contribution in [3.63, 3.8) is 0 Å². The molecule has 0 saturated carbocycles. The van der Waals surface area contributed by atoms with Gasteiger partial charge < -0.3 is 14.8 Å². The molecule has 0 saturated heterocycles. The van der Waals surface area contributed by atoms with Crippen LogP contribution in [0.4, 0.5) is 0 Å². The Morgan fingerprint density at radius 3 is 3.00 bits per heavy atom. The average molecular weight is 322 g/mol. The Hall–Kier alpha value is -2.03. The Kier molecular flexibility index (Phi) is 3.82. The van der Waals surface area contributed by atoms with E-state index in [2.05, 4.69) is 9.97 Å². The molecule has 0 aliphatic rings. The molecule has 6 nitrogen and oxygen atoms in total. The molecular weight excluding hydrogens is 312 g/mol. The molecule has 108 valence electrons. The lowest BCUT2D eigenvalue weighted by Gasteiger charge is -2.01. The van der Waals surface area contributed by atoms with Gasteiger partial charge in [0.1, 0.15) is 23.9 Å². The van der Waals surface area contributed by atoms with Gasteiger partial charge in [-0.1, -0.05) is 6.07 Å². The number of aliphatic carboxylic acids is 1. The van der Waals surface area contributed by atoms with Crippen molar-refractivity contribution in [3.8, 4) is 10.4 Å². The fourth-order valence-corrected chi connectivity index (χ4v) is 3.69. The number of carbonyl (C=O) groups is 1. The summed E-state index contributed by atoms with van der Waals surface area (Å²) in [5.74, 6) is -0.733. The molecule has 0 spiro atoms. The zero-order valence-electron chi connectivity index (χ0n) is 10.7. The maximum Gasteiger partial charge on any atom is 0.329 e. The van der Waals surface area contributed by atoms with Crippen LogP contribution in [0.5, 0.6) is 0 Å². The molecule has 0 amide bonds. The molecule has 2 N–H and O–H groups in total. The third kappa shape index (κ3) is 2.87. The second-order valence-corrected chi connectivity index (χ2v) is 6.01. The standard InChI is InChI=1S/C13H10N2O4S2/c16-10(17)5-19-4-9-14-12(18)11-7(6-21-13(11)15-9)8-2-1-3-20-8/h1-3,6H,4-5H2,(H,16,17)(H,14,15,18). The van der Waals surface area contributed by atoms with Crippen molar-refractivity contribution >= 4 is 38.9 Å². The summed E-state index contributed by atoms with van der Waals surface area (Å²) < 4.78 is 4.94. The summed E-state index contributed by atoms with van der Waals surface area (Å²) in [5.41, 5.74) is 0.635. The van der Waals surface area contributed by atoms with Gasteiger partial charge in [-0.15, -0.1) is 22.7 Å². The summed E-state index contributed by atoms with van der Waals surface area (Å²) in [5, 5.41) is 12.9. The van der Waals surface area contributed by atoms with Gasteiger partial charge in [-0.25, -0.2) is 9.78 Å². The highest BCUT2D eigenvalue weighted by molar-refractivity contribution is 7.18. The van der Waals surface area contributed by atoms with E-state index in [9.17, 15) is 9.59 Å². The first-order chi connectivity index (χ1) is 10.1. The molecule has 0 fully saturated rings. The van der Waals surface area contributed by atoms with Crippen molar-refractivity contribution in [2.24, 2.45) is 0 Å². The number of carboxylic acids is 1. The van der Waals surface area contributed by atoms with Crippen LogP contribution in [0.25, 0.3) is 20.7 Å². The summed E-state index contributed by atoms with van der Waals surface area (Å²) >= 11 is 2.95. The zero-order valence-corrected chi connectivity index (χ0v) is 12.3. The minimum Gasteiger partial charge on any atom is -0.480 e. The Labute approximate surface area is 126 Å². The predicted molar refractivity (Wildman–Crippen MR) is 80.8 cm³/mol. The summed E-state index contributed by atoms with van der Waals surface area (Å²) in [7, 11) is 0. The van der Waals surface area contributed by atoms with E-state index in [4.69, 9.17) is 9.84 Å². The van der Waals surface area contributed by atoms with E-state index in [0.717, 1.165) is 10.4 Å². The summed E-state index contributed by atoms with van der Waals surface area (Å²) in [4.78, 5) is 31.2. The van der Waals surface area contributed by atoms with Gasteiger partial charge in [-0.2, -0.15) is 0 Å². The molecule has 0 bridgehead atoms. The SMILES string of the molecule is O=C(O)COCc1nc2scc(-c3cccs3)c2c(=O)[nH]1. The number of ether oxygens (including phenoxy) is 1. The minimum atomic E-state index is -1.06. The topological polar surface area (TPSA) is 92.3 Å². The van der Waals surface area contributed by atoms with Crippen molar-refractivity contribution in [2.45, 2.75) is 6.61 Å². The van der Waals surface area contributed by atoms with E-state index in [-0.39, 0.29) is 12.2 Å². The quantitative estimate of drug-likeness (QED) is 0.752. The Bertz CT molecular complexity index is 836. The molecule has 0 unspecified atom stereocenters. The van der Waals surface area contributed by atoms with E-state index in [1.165, 1.54) is 11.3 Å². The van der Waals surface area contributed by atoms with E-state index in [0.29, 0.717) is 16.0 Å². The van der Waals surface area contributed by atoms with E-state index < -0.39 is 12.6 Å². The molecule has 0 aliphatic carbocycles. The zero-order chi connectivity index (χ0) is 14.8. The van der Waals surface area contributed by atoms with E-state index >= 15 is 0 Å². The number of hydrogen-bond donors (Lipinski definition) is 2.